The Hall–Kier alpha value is -2.81. The van der Waals surface area contributed by atoms with Crippen LogP contribution >= 0.6 is 23.4 Å². The van der Waals surface area contributed by atoms with E-state index in [4.69, 9.17) is 16.6 Å². The first kappa shape index (κ1) is 21.4. The van der Waals surface area contributed by atoms with E-state index in [9.17, 15) is 18.0 Å². The Balaban J connectivity index is 1.72. The molecule has 0 saturated heterocycles. The number of halogens is 4. The van der Waals surface area contributed by atoms with E-state index in [2.05, 4.69) is 5.43 Å². The van der Waals surface area contributed by atoms with Gasteiger partial charge in [-0.05, 0) is 36.4 Å². The normalized spacial score (nSPS) is 13.0. The molecule has 3 aromatic carbocycles. The second kappa shape index (κ2) is 8.74. The number of benzene rings is 3. The van der Waals surface area contributed by atoms with Crippen LogP contribution in [0, 0.1) is 0 Å². The summed E-state index contributed by atoms with van der Waals surface area (Å²) in [4.78, 5) is 18.9. The summed E-state index contributed by atoms with van der Waals surface area (Å²) < 4.78 is 36.9. The number of amides is 1. The minimum absolute atomic E-state index is 0.189. The summed E-state index contributed by atoms with van der Waals surface area (Å²) in [6, 6.07) is 20.0. The van der Waals surface area contributed by atoms with Gasteiger partial charge in [-0.15, -0.1) is 0 Å². The molecule has 1 amide bonds. The second-order valence-corrected chi connectivity index (χ2v) is 8.19. The molecule has 0 spiro atoms. The van der Waals surface area contributed by atoms with E-state index in [0.29, 0.717) is 16.4 Å². The van der Waals surface area contributed by atoms with Crippen molar-refractivity contribution in [3.63, 3.8) is 0 Å². The van der Waals surface area contributed by atoms with E-state index < -0.39 is 18.6 Å². The van der Waals surface area contributed by atoms with E-state index in [1.54, 1.807) is 24.3 Å². The minimum Gasteiger partial charge on any atom is -0.287 e. The van der Waals surface area contributed by atoms with E-state index in [1.165, 1.54) is 11.8 Å². The van der Waals surface area contributed by atoms with Crippen LogP contribution in [0.15, 0.2) is 81.5 Å². The van der Waals surface area contributed by atoms with Crippen LogP contribution in [-0.4, -0.2) is 24.3 Å². The van der Waals surface area contributed by atoms with Crippen molar-refractivity contribution in [1.29, 1.82) is 0 Å². The number of fused-ring (bicyclic) bond motifs is 2. The zero-order chi connectivity index (χ0) is 22.0. The highest BCUT2D eigenvalue weighted by Gasteiger charge is 2.27. The quantitative estimate of drug-likeness (QED) is 0.379. The molecule has 0 aliphatic carbocycles. The Morgan fingerprint density at radius 1 is 1.00 bits per heavy atom. The first-order valence-electron chi connectivity index (χ1n) is 9.16. The van der Waals surface area contributed by atoms with Gasteiger partial charge in [0.2, 0.25) is 0 Å². The van der Waals surface area contributed by atoms with Gasteiger partial charge in [0, 0.05) is 31.5 Å². The average Bonchev–Trinajstić information content (AvgIpc) is 2.89. The summed E-state index contributed by atoms with van der Waals surface area (Å²) in [6.45, 7) is -1.33. The number of alkyl halides is 3. The van der Waals surface area contributed by atoms with Crippen molar-refractivity contribution < 1.29 is 18.0 Å². The molecule has 1 aliphatic rings. The molecule has 1 aliphatic heterocycles. The van der Waals surface area contributed by atoms with Crippen molar-refractivity contribution in [1.82, 2.24) is 10.9 Å². The minimum atomic E-state index is -4.43. The second-order valence-electron chi connectivity index (χ2n) is 6.67. The molecule has 1 heterocycles. The number of carbonyl (C=O) groups is 1. The molecule has 3 aromatic rings. The molecule has 0 fully saturated rings. The molecule has 9 heteroatoms. The van der Waals surface area contributed by atoms with Gasteiger partial charge in [-0.1, -0.05) is 53.7 Å². The zero-order valence-corrected chi connectivity index (χ0v) is 17.4. The van der Waals surface area contributed by atoms with Gasteiger partial charge in [0.1, 0.15) is 6.54 Å². The van der Waals surface area contributed by atoms with Gasteiger partial charge in [-0.25, -0.2) is 10.4 Å². The largest absolute Gasteiger partial charge is 0.402 e. The molecule has 0 radical (unpaired) electrons. The molecule has 4 nitrogen and oxygen atoms in total. The van der Waals surface area contributed by atoms with Gasteiger partial charge in [-0.2, -0.15) is 13.2 Å². The van der Waals surface area contributed by atoms with Crippen LogP contribution in [0.25, 0.3) is 0 Å². The molecule has 4 rings (SSSR count). The predicted molar refractivity (Wildman–Crippen MR) is 115 cm³/mol. The SMILES string of the molecule is O=C(NNCC(F)(F)F)c1ccc2c(c1)N=C(c1cccc(Cl)c1)c1ccccc1S2. The molecule has 0 atom stereocenters. The van der Waals surface area contributed by atoms with Crippen LogP contribution in [0.2, 0.25) is 5.02 Å². The molecule has 2 N–H and O–H groups in total. The Labute approximate surface area is 185 Å². The molecular weight excluding hydrogens is 447 g/mol. The maximum absolute atomic E-state index is 12.3. The third kappa shape index (κ3) is 5.10. The van der Waals surface area contributed by atoms with Gasteiger partial charge in [0.15, 0.2) is 0 Å². The smallest absolute Gasteiger partial charge is 0.287 e. The summed E-state index contributed by atoms with van der Waals surface area (Å²) in [5, 5.41) is 0.568. The number of hydrogen-bond acceptors (Lipinski definition) is 4. The maximum atomic E-state index is 12.3. The number of carbonyl (C=O) groups excluding carboxylic acids is 1. The lowest BCUT2D eigenvalue weighted by atomic mass is 10.0. The summed E-state index contributed by atoms with van der Waals surface area (Å²) >= 11 is 7.68. The molecule has 158 valence electrons. The van der Waals surface area contributed by atoms with Crippen molar-refractivity contribution in [2.45, 2.75) is 16.0 Å². The van der Waals surface area contributed by atoms with E-state index in [-0.39, 0.29) is 5.56 Å². The Morgan fingerprint density at radius 3 is 2.58 bits per heavy atom. The van der Waals surface area contributed by atoms with Crippen LogP contribution in [0.5, 0.6) is 0 Å². The van der Waals surface area contributed by atoms with Gasteiger partial charge >= 0.3 is 6.18 Å². The van der Waals surface area contributed by atoms with Crippen molar-refractivity contribution in [3.05, 3.63) is 88.4 Å². The van der Waals surface area contributed by atoms with Crippen LogP contribution in [0.3, 0.4) is 0 Å². The number of nitrogens with one attached hydrogen (secondary N) is 2. The topological polar surface area (TPSA) is 53.5 Å². The third-order valence-corrected chi connectivity index (χ3v) is 5.78. The number of hydrazine groups is 1. The zero-order valence-electron chi connectivity index (χ0n) is 15.8. The molecule has 0 bridgehead atoms. The van der Waals surface area contributed by atoms with E-state index in [0.717, 1.165) is 20.9 Å². The molecule has 0 saturated carbocycles. The fourth-order valence-electron chi connectivity index (χ4n) is 3.04. The number of aliphatic imine (C=N–C) groups is 1. The van der Waals surface area contributed by atoms with E-state index in [1.807, 2.05) is 47.9 Å². The van der Waals surface area contributed by atoms with Crippen molar-refractivity contribution in [2.75, 3.05) is 6.54 Å². The van der Waals surface area contributed by atoms with Gasteiger partial charge < -0.3 is 0 Å². The van der Waals surface area contributed by atoms with Crippen molar-refractivity contribution >= 4 is 40.7 Å². The molecular formula is C22H15ClF3N3OS. The first-order chi connectivity index (χ1) is 14.8. The number of hydrogen-bond donors (Lipinski definition) is 2. The Bertz CT molecular complexity index is 1180. The molecule has 0 aromatic heterocycles. The highest BCUT2D eigenvalue weighted by molar-refractivity contribution is 7.99. The lowest BCUT2D eigenvalue weighted by Crippen LogP contribution is -2.42. The lowest BCUT2D eigenvalue weighted by molar-refractivity contribution is -0.126. The number of rotatable bonds is 4. The first-order valence-corrected chi connectivity index (χ1v) is 10.4. The van der Waals surface area contributed by atoms with Crippen molar-refractivity contribution in [3.8, 4) is 0 Å². The Morgan fingerprint density at radius 2 is 1.81 bits per heavy atom. The average molecular weight is 462 g/mol. The van der Waals surface area contributed by atoms with Gasteiger partial charge in [0.25, 0.3) is 5.91 Å². The third-order valence-electron chi connectivity index (χ3n) is 4.40. The van der Waals surface area contributed by atoms with Crippen molar-refractivity contribution in [2.24, 2.45) is 4.99 Å². The highest BCUT2D eigenvalue weighted by atomic mass is 35.5. The summed E-state index contributed by atoms with van der Waals surface area (Å²) in [5.41, 5.74) is 7.11. The summed E-state index contributed by atoms with van der Waals surface area (Å²) in [6.07, 6.45) is -4.43. The Kier molecular flexibility index (Phi) is 6.04. The monoisotopic (exact) mass is 461 g/mol. The standard InChI is InChI=1S/C22H15ClF3N3OS/c23-15-5-3-4-13(10-15)20-16-6-1-2-7-18(16)31-19-9-8-14(11-17(19)28-20)21(30)29-27-12-22(24,25)26/h1-11,27H,12H2,(H,29,30). The fraction of sp³-hybridized carbons (Fsp3) is 0.0909. The molecule has 31 heavy (non-hydrogen) atoms. The predicted octanol–water partition coefficient (Wildman–Crippen LogP) is 5.77. The fourth-order valence-corrected chi connectivity index (χ4v) is 4.23. The van der Waals surface area contributed by atoms with Crippen LogP contribution in [0.1, 0.15) is 21.5 Å². The van der Waals surface area contributed by atoms with E-state index >= 15 is 0 Å². The molecule has 0 unspecified atom stereocenters. The maximum Gasteiger partial charge on any atom is 0.402 e. The number of nitrogens with zero attached hydrogens (tertiary/aromatic N) is 1. The van der Waals surface area contributed by atoms with Crippen LogP contribution in [0.4, 0.5) is 18.9 Å². The lowest BCUT2D eigenvalue weighted by Gasteiger charge is -2.10. The van der Waals surface area contributed by atoms with Gasteiger partial charge in [0.05, 0.1) is 11.4 Å². The summed E-state index contributed by atoms with van der Waals surface area (Å²) in [7, 11) is 0. The van der Waals surface area contributed by atoms with Crippen LogP contribution in [-0.2, 0) is 0 Å². The van der Waals surface area contributed by atoms with Gasteiger partial charge in [-0.3, -0.25) is 10.2 Å². The summed E-state index contributed by atoms with van der Waals surface area (Å²) in [5.74, 6) is -0.682. The van der Waals surface area contributed by atoms with Crippen LogP contribution < -0.4 is 10.9 Å². The highest BCUT2D eigenvalue weighted by Crippen LogP contribution is 2.41.